The number of hydrogen-bond donors (Lipinski definition) is 1. The summed E-state index contributed by atoms with van der Waals surface area (Å²) in [6.45, 7) is 5.89. The lowest BCUT2D eigenvalue weighted by Gasteiger charge is -2.34. The summed E-state index contributed by atoms with van der Waals surface area (Å²) in [6.07, 6.45) is -0.306. The number of nitrogens with zero attached hydrogens (tertiary/aromatic N) is 4. The number of Topliss-reactive ketones (excluding diaryl/α,β-unsaturated/α-hetero) is 1. The number of amides is 2. The average molecular weight is 397 g/mol. The fraction of sp³-hybridized carbons (Fsp3) is 0.350. The van der Waals surface area contributed by atoms with Gasteiger partial charge in [-0.2, -0.15) is 0 Å². The molecule has 0 saturated carbocycles. The van der Waals surface area contributed by atoms with Crippen molar-refractivity contribution in [3.05, 3.63) is 47.7 Å². The highest BCUT2D eigenvalue weighted by Crippen LogP contribution is 2.15. The number of ketones is 1. The second-order valence-electron chi connectivity index (χ2n) is 6.54. The predicted octanol–water partition coefficient (Wildman–Crippen LogP) is 2.21. The molecule has 1 saturated heterocycles. The number of hydrogen-bond acceptors (Lipinski definition) is 7. The van der Waals surface area contributed by atoms with Crippen molar-refractivity contribution in [3.8, 4) is 0 Å². The Morgan fingerprint density at radius 2 is 1.83 bits per heavy atom. The van der Waals surface area contributed by atoms with E-state index in [0.29, 0.717) is 49.9 Å². The highest BCUT2D eigenvalue weighted by molar-refractivity contribution is 6.03. The van der Waals surface area contributed by atoms with Crippen LogP contribution < -0.4 is 10.2 Å². The minimum atomic E-state index is -0.406. The van der Waals surface area contributed by atoms with Crippen LogP contribution in [0.1, 0.15) is 34.7 Å². The van der Waals surface area contributed by atoms with E-state index >= 15 is 0 Å². The van der Waals surface area contributed by atoms with Crippen LogP contribution in [0.15, 0.2) is 36.4 Å². The maximum atomic E-state index is 12.4. The summed E-state index contributed by atoms with van der Waals surface area (Å²) < 4.78 is 5.01. The number of anilines is 2. The first-order valence-corrected chi connectivity index (χ1v) is 9.40. The largest absolute Gasteiger partial charge is 0.450 e. The first kappa shape index (κ1) is 20.2. The third kappa shape index (κ3) is 5.07. The molecule has 1 fully saturated rings. The highest BCUT2D eigenvalue weighted by atomic mass is 16.6. The number of piperazine rings is 1. The zero-order valence-electron chi connectivity index (χ0n) is 16.4. The minimum absolute atomic E-state index is 0.0757. The summed E-state index contributed by atoms with van der Waals surface area (Å²) >= 11 is 0. The van der Waals surface area contributed by atoms with Crippen LogP contribution in [0.4, 0.5) is 16.3 Å². The van der Waals surface area contributed by atoms with Crippen molar-refractivity contribution in [2.75, 3.05) is 43.0 Å². The van der Waals surface area contributed by atoms with Gasteiger partial charge in [-0.1, -0.05) is 12.1 Å². The Hall–Kier alpha value is -3.49. The number of carbonyl (C=O) groups is 3. The van der Waals surface area contributed by atoms with Gasteiger partial charge in [0, 0.05) is 37.4 Å². The molecule has 152 valence electrons. The number of nitrogens with one attached hydrogen (secondary N) is 1. The summed E-state index contributed by atoms with van der Waals surface area (Å²) in [6, 6.07) is 10.0. The Morgan fingerprint density at radius 3 is 2.45 bits per heavy atom. The minimum Gasteiger partial charge on any atom is -0.450 e. The van der Waals surface area contributed by atoms with E-state index in [2.05, 4.69) is 15.5 Å². The van der Waals surface area contributed by atoms with E-state index in [1.165, 1.54) is 6.92 Å². The third-order valence-corrected chi connectivity index (χ3v) is 4.54. The van der Waals surface area contributed by atoms with Crippen LogP contribution in [0, 0.1) is 0 Å². The van der Waals surface area contributed by atoms with Gasteiger partial charge in [0.2, 0.25) is 0 Å². The summed E-state index contributed by atoms with van der Waals surface area (Å²) in [4.78, 5) is 39.3. The quantitative estimate of drug-likeness (QED) is 0.771. The van der Waals surface area contributed by atoms with Gasteiger partial charge in [-0.3, -0.25) is 9.59 Å². The molecule has 2 aromatic rings. The van der Waals surface area contributed by atoms with Crippen LogP contribution in [0.25, 0.3) is 0 Å². The van der Waals surface area contributed by atoms with Gasteiger partial charge in [-0.05, 0) is 38.1 Å². The maximum absolute atomic E-state index is 12.4. The number of benzene rings is 1. The van der Waals surface area contributed by atoms with Crippen molar-refractivity contribution in [1.29, 1.82) is 0 Å². The topological polar surface area (TPSA) is 105 Å². The standard InChI is InChI=1S/C20H23N5O4/c1-3-29-20(28)25-11-9-24(10-12-25)18-8-7-17(22-23-18)19(27)21-16-6-4-5-15(13-16)14(2)26/h4-8,13H,3,9-12H2,1-2H3,(H,21,27). The smallest absolute Gasteiger partial charge is 0.409 e. The molecule has 1 aliphatic rings. The molecule has 0 spiro atoms. The van der Waals surface area contributed by atoms with Gasteiger partial charge in [0.05, 0.1) is 6.61 Å². The Balaban J connectivity index is 1.59. The van der Waals surface area contributed by atoms with E-state index in [0.717, 1.165) is 0 Å². The monoisotopic (exact) mass is 397 g/mol. The van der Waals surface area contributed by atoms with Crippen molar-refractivity contribution in [1.82, 2.24) is 15.1 Å². The van der Waals surface area contributed by atoms with Crippen LogP contribution >= 0.6 is 0 Å². The molecule has 1 aliphatic heterocycles. The summed E-state index contributed by atoms with van der Waals surface area (Å²) in [7, 11) is 0. The number of rotatable bonds is 5. The average Bonchev–Trinajstić information content (AvgIpc) is 2.74. The molecule has 0 aliphatic carbocycles. The Bertz CT molecular complexity index is 892. The van der Waals surface area contributed by atoms with Gasteiger partial charge in [0.15, 0.2) is 17.3 Å². The number of ether oxygens (including phenoxy) is 1. The normalized spacial score (nSPS) is 13.7. The molecular formula is C20H23N5O4. The molecular weight excluding hydrogens is 374 g/mol. The third-order valence-electron chi connectivity index (χ3n) is 4.54. The molecule has 1 aromatic heterocycles. The lowest BCUT2D eigenvalue weighted by atomic mass is 10.1. The maximum Gasteiger partial charge on any atom is 0.409 e. The summed E-state index contributed by atoms with van der Waals surface area (Å²) in [5.74, 6) is 0.161. The SMILES string of the molecule is CCOC(=O)N1CCN(c2ccc(C(=O)Nc3cccc(C(C)=O)c3)nn2)CC1. The van der Waals surface area contributed by atoms with Crippen molar-refractivity contribution in [2.24, 2.45) is 0 Å². The van der Waals surface area contributed by atoms with Crippen molar-refractivity contribution in [2.45, 2.75) is 13.8 Å². The van der Waals surface area contributed by atoms with Crippen molar-refractivity contribution in [3.63, 3.8) is 0 Å². The van der Waals surface area contributed by atoms with E-state index in [-0.39, 0.29) is 17.6 Å². The molecule has 0 radical (unpaired) electrons. The van der Waals surface area contributed by atoms with E-state index in [9.17, 15) is 14.4 Å². The Morgan fingerprint density at radius 1 is 1.07 bits per heavy atom. The second-order valence-corrected chi connectivity index (χ2v) is 6.54. The molecule has 1 N–H and O–H groups in total. The fourth-order valence-corrected chi connectivity index (χ4v) is 2.96. The van der Waals surface area contributed by atoms with Crippen LogP contribution in [-0.4, -0.2) is 65.7 Å². The van der Waals surface area contributed by atoms with E-state index < -0.39 is 5.91 Å². The number of carbonyl (C=O) groups excluding carboxylic acids is 3. The van der Waals surface area contributed by atoms with Gasteiger partial charge in [-0.15, -0.1) is 10.2 Å². The fourth-order valence-electron chi connectivity index (χ4n) is 2.96. The van der Waals surface area contributed by atoms with Crippen molar-refractivity contribution >= 4 is 29.3 Å². The highest BCUT2D eigenvalue weighted by Gasteiger charge is 2.23. The molecule has 0 atom stereocenters. The van der Waals surface area contributed by atoms with E-state index in [1.807, 2.05) is 4.90 Å². The predicted molar refractivity (Wildman–Crippen MR) is 107 cm³/mol. The summed E-state index contributed by atoms with van der Waals surface area (Å²) in [5.41, 5.74) is 1.21. The summed E-state index contributed by atoms with van der Waals surface area (Å²) in [5, 5.41) is 10.9. The lowest BCUT2D eigenvalue weighted by molar-refractivity contribution is 0.100. The molecule has 2 heterocycles. The first-order chi connectivity index (χ1) is 14.0. The van der Waals surface area contributed by atoms with Crippen LogP contribution in [0.3, 0.4) is 0 Å². The van der Waals surface area contributed by atoms with Gasteiger partial charge in [0.1, 0.15) is 0 Å². The Labute approximate surface area is 168 Å². The zero-order valence-corrected chi connectivity index (χ0v) is 16.4. The van der Waals surface area contributed by atoms with Crippen molar-refractivity contribution < 1.29 is 19.1 Å². The number of aromatic nitrogens is 2. The lowest BCUT2D eigenvalue weighted by Crippen LogP contribution is -2.49. The molecule has 1 aromatic carbocycles. The molecule has 0 bridgehead atoms. The zero-order chi connectivity index (χ0) is 20.8. The molecule has 29 heavy (non-hydrogen) atoms. The molecule has 2 amide bonds. The van der Waals surface area contributed by atoms with E-state index in [1.54, 1.807) is 48.2 Å². The Kier molecular flexibility index (Phi) is 6.38. The van der Waals surface area contributed by atoms with Gasteiger partial charge in [-0.25, -0.2) is 4.79 Å². The molecule has 0 unspecified atom stereocenters. The van der Waals surface area contributed by atoms with Gasteiger partial charge in [0.25, 0.3) is 5.91 Å². The molecule has 9 nitrogen and oxygen atoms in total. The molecule has 3 rings (SSSR count). The van der Waals surface area contributed by atoms with Gasteiger partial charge >= 0.3 is 6.09 Å². The van der Waals surface area contributed by atoms with Crippen LogP contribution in [0.5, 0.6) is 0 Å². The van der Waals surface area contributed by atoms with Crippen LogP contribution in [0.2, 0.25) is 0 Å². The second kappa shape index (κ2) is 9.13. The van der Waals surface area contributed by atoms with Gasteiger partial charge < -0.3 is 19.9 Å². The van der Waals surface area contributed by atoms with E-state index in [4.69, 9.17) is 4.74 Å². The molecule has 9 heteroatoms. The van der Waals surface area contributed by atoms with Crippen LogP contribution in [-0.2, 0) is 4.74 Å². The first-order valence-electron chi connectivity index (χ1n) is 9.40.